The summed E-state index contributed by atoms with van der Waals surface area (Å²) < 4.78 is 6.91. The van der Waals surface area contributed by atoms with E-state index in [9.17, 15) is 9.59 Å². The van der Waals surface area contributed by atoms with Crippen molar-refractivity contribution in [3.8, 4) is 0 Å². The normalized spacial score (nSPS) is 10.7. The maximum absolute atomic E-state index is 12.1. The molecule has 0 aliphatic heterocycles. The zero-order chi connectivity index (χ0) is 14.8. The van der Waals surface area contributed by atoms with Crippen molar-refractivity contribution in [1.82, 2.24) is 9.99 Å². The van der Waals surface area contributed by atoms with Crippen LogP contribution in [0.2, 0.25) is 0 Å². The topological polar surface area (TPSA) is 90.3 Å². The van der Waals surface area contributed by atoms with Crippen molar-refractivity contribution in [3.63, 3.8) is 0 Å². The first-order valence-corrected chi connectivity index (χ1v) is 6.36. The number of hydrogen-bond donors (Lipinski definition) is 2. The number of pyridine rings is 1. The van der Waals surface area contributed by atoms with Crippen LogP contribution in [-0.4, -0.2) is 10.5 Å². The quantitative estimate of drug-likeness (QED) is 0.430. The fraction of sp³-hybridized carbons (Fsp3) is 0.0667. The summed E-state index contributed by atoms with van der Waals surface area (Å²) in [5, 5.41) is 0.962. The second-order valence-corrected chi connectivity index (χ2v) is 4.59. The molecule has 2 heterocycles. The Morgan fingerprint density at radius 3 is 2.86 bits per heavy atom. The van der Waals surface area contributed by atoms with Gasteiger partial charge in [0, 0.05) is 6.07 Å². The minimum Gasteiger partial charge on any atom is -0.467 e. The predicted molar refractivity (Wildman–Crippen MR) is 77.7 cm³/mol. The monoisotopic (exact) mass is 283 g/mol. The van der Waals surface area contributed by atoms with Gasteiger partial charge in [0.05, 0.1) is 17.6 Å². The van der Waals surface area contributed by atoms with Crippen molar-refractivity contribution in [3.05, 3.63) is 70.4 Å². The number of amides is 1. The Morgan fingerprint density at radius 2 is 2.05 bits per heavy atom. The van der Waals surface area contributed by atoms with E-state index in [1.165, 1.54) is 12.3 Å². The smallest absolute Gasteiger partial charge is 0.268 e. The predicted octanol–water partition coefficient (Wildman–Crippen LogP) is 1.25. The Hall–Kier alpha value is -2.86. The molecule has 0 saturated heterocycles. The molecule has 1 aromatic carbocycles. The fourth-order valence-electron chi connectivity index (χ4n) is 2.23. The van der Waals surface area contributed by atoms with Crippen LogP contribution < -0.4 is 16.8 Å². The maximum Gasteiger partial charge on any atom is 0.268 e. The van der Waals surface area contributed by atoms with Gasteiger partial charge in [0.15, 0.2) is 0 Å². The largest absolute Gasteiger partial charge is 0.467 e. The van der Waals surface area contributed by atoms with Crippen molar-refractivity contribution < 1.29 is 9.21 Å². The zero-order valence-corrected chi connectivity index (χ0v) is 11.1. The van der Waals surface area contributed by atoms with Gasteiger partial charge in [-0.05, 0) is 23.6 Å². The van der Waals surface area contributed by atoms with Gasteiger partial charge in [-0.25, -0.2) is 5.84 Å². The van der Waals surface area contributed by atoms with E-state index in [-0.39, 0.29) is 12.1 Å². The van der Waals surface area contributed by atoms with Crippen molar-refractivity contribution in [1.29, 1.82) is 0 Å². The highest BCUT2D eigenvalue weighted by atomic mass is 16.3. The molecule has 6 heteroatoms. The summed E-state index contributed by atoms with van der Waals surface area (Å²) in [6.45, 7) is 0.248. The van der Waals surface area contributed by atoms with Gasteiger partial charge in [-0.2, -0.15) is 0 Å². The number of nitrogen functional groups attached to an aromatic ring is 1. The van der Waals surface area contributed by atoms with Gasteiger partial charge in [-0.15, -0.1) is 0 Å². The van der Waals surface area contributed by atoms with E-state index in [0.717, 1.165) is 10.9 Å². The number of rotatable bonds is 3. The number of hydrogen-bond acceptors (Lipinski definition) is 4. The van der Waals surface area contributed by atoms with Crippen molar-refractivity contribution in [2.24, 2.45) is 5.84 Å². The van der Waals surface area contributed by atoms with Crippen LogP contribution >= 0.6 is 0 Å². The Labute approximate surface area is 119 Å². The first-order valence-electron chi connectivity index (χ1n) is 6.36. The van der Waals surface area contributed by atoms with Gasteiger partial charge < -0.3 is 8.98 Å². The molecular weight excluding hydrogens is 270 g/mol. The highest BCUT2D eigenvalue weighted by Gasteiger charge is 2.10. The Balaban J connectivity index is 2.02. The molecule has 0 fully saturated rings. The van der Waals surface area contributed by atoms with Gasteiger partial charge in [0.2, 0.25) is 0 Å². The number of fused-ring (bicyclic) bond motifs is 1. The molecular formula is C15H13N3O3. The second kappa shape index (κ2) is 5.26. The third kappa shape index (κ3) is 2.44. The molecule has 0 aliphatic carbocycles. The third-order valence-corrected chi connectivity index (χ3v) is 3.26. The van der Waals surface area contributed by atoms with E-state index in [4.69, 9.17) is 10.3 Å². The van der Waals surface area contributed by atoms with Crippen LogP contribution in [0.15, 0.2) is 57.9 Å². The number of nitrogens with zero attached hydrogens (tertiary/aromatic N) is 1. The Kier molecular flexibility index (Phi) is 3.29. The molecule has 0 unspecified atom stereocenters. The molecule has 6 nitrogen and oxygen atoms in total. The van der Waals surface area contributed by atoms with Crippen LogP contribution in [0, 0.1) is 0 Å². The first kappa shape index (κ1) is 13.1. The van der Waals surface area contributed by atoms with Crippen LogP contribution in [0.1, 0.15) is 16.1 Å². The summed E-state index contributed by atoms with van der Waals surface area (Å²) in [5.74, 6) is 5.14. The third-order valence-electron chi connectivity index (χ3n) is 3.26. The summed E-state index contributed by atoms with van der Waals surface area (Å²) in [5.41, 5.74) is 3.03. The number of furan rings is 1. The number of nitrogens with one attached hydrogen (secondary N) is 1. The Bertz CT molecular complexity index is 864. The molecule has 0 atom stereocenters. The summed E-state index contributed by atoms with van der Waals surface area (Å²) >= 11 is 0. The molecule has 1 amide bonds. The van der Waals surface area contributed by atoms with Crippen LogP contribution in [0.4, 0.5) is 0 Å². The summed E-state index contributed by atoms with van der Waals surface area (Å²) in [7, 11) is 0. The number of carbonyl (C=O) groups excluding carboxylic acids is 1. The zero-order valence-electron chi connectivity index (χ0n) is 11.1. The lowest BCUT2D eigenvalue weighted by Gasteiger charge is -2.07. The molecule has 3 rings (SSSR count). The number of nitrogens with two attached hydrogens (primary N) is 1. The minimum absolute atomic E-state index is 0.130. The van der Waals surface area contributed by atoms with Crippen molar-refractivity contribution >= 4 is 16.8 Å². The summed E-state index contributed by atoms with van der Waals surface area (Å²) in [4.78, 5) is 23.5. The average Bonchev–Trinajstić information content (AvgIpc) is 2.98. The molecule has 0 aliphatic rings. The fourth-order valence-corrected chi connectivity index (χ4v) is 2.23. The molecule has 0 bridgehead atoms. The molecule has 0 saturated carbocycles. The highest BCUT2D eigenvalue weighted by molar-refractivity contribution is 5.93. The number of carbonyl (C=O) groups is 1. The first-order chi connectivity index (χ1) is 10.2. The standard InChI is InChI=1S/C15H13N3O3/c16-17-15(20)11-7-12(21-9-11)8-18-13-4-2-1-3-10(13)5-6-14(18)19/h1-7,9H,8,16H2,(H,17,20). The van der Waals surface area contributed by atoms with Crippen LogP contribution in [0.25, 0.3) is 10.9 Å². The molecule has 0 radical (unpaired) electrons. The maximum atomic E-state index is 12.1. The van der Waals surface area contributed by atoms with Crippen LogP contribution in [-0.2, 0) is 6.54 Å². The van der Waals surface area contributed by atoms with Crippen molar-refractivity contribution in [2.75, 3.05) is 0 Å². The molecule has 2 aromatic heterocycles. The minimum atomic E-state index is -0.435. The van der Waals surface area contributed by atoms with Gasteiger partial charge >= 0.3 is 0 Å². The lowest BCUT2D eigenvalue weighted by Crippen LogP contribution is -2.29. The van der Waals surface area contributed by atoms with E-state index < -0.39 is 5.91 Å². The molecule has 3 N–H and O–H groups in total. The number of aromatic nitrogens is 1. The van der Waals surface area contributed by atoms with E-state index in [1.54, 1.807) is 16.7 Å². The molecule has 0 spiro atoms. The Morgan fingerprint density at radius 1 is 1.24 bits per heavy atom. The lowest BCUT2D eigenvalue weighted by atomic mass is 10.2. The van der Waals surface area contributed by atoms with E-state index in [0.29, 0.717) is 11.3 Å². The summed E-state index contributed by atoms with van der Waals surface area (Å²) in [6, 6.07) is 12.4. The molecule has 21 heavy (non-hydrogen) atoms. The number of para-hydroxylation sites is 1. The van der Waals surface area contributed by atoms with Gasteiger partial charge in [-0.1, -0.05) is 18.2 Å². The highest BCUT2D eigenvalue weighted by Crippen LogP contribution is 2.14. The second-order valence-electron chi connectivity index (χ2n) is 4.59. The van der Waals surface area contributed by atoms with Crippen molar-refractivity contribution in [2.45, 2.75) is 6.54 Å². The van der Waals surface area contributed by atoms with Crippen LogP contribution in [0.5, 0.6) is 0 Å². The lowest BCUT2D eigenvalue weighted by molar-refractivity contribution is 0.0953. The van der Waals surface area contributed by atoms with Gasteiger partial charge in [0.25, 0.3) is 11.5 Å². The van der Waals surface area contributed by atoms with Crippen LogP contribution in [0.3, 0.4) is 0 Å². The van der Waals surface area contributed by atoms with E-state index >= 15 is 0 Å². The SMILES string of the molecule is NNC(=O)c1coc(Cn2c(=O)ccc3ccccc32)c1. The number of benzene rings is 1. The van der Waals surface area contributed by atoms with E-state index in [1.807, 2.05) is 29.7 Å². The molecule has 3 aromatic rings. The average molecular weight is 283 g/mol. The van der Waals surface area contributed by atoms with Gasteiger partial charge in [-0.3, -0.25) is 15.0 Å². The molecule has 106 valence electrons. The number of hydrazine groups is 1. The van der Waals surface area contributed by atoms with Gasteiger partial charge in [0.1, 0.15) is 12.0 Å². The van der Waals surface area contributed by atoms with E-state index in [2.05, 4.69) is 0 Å². The summed E-state index contributed by atoms with van der Waals surface area (Å²) in [6.07, 6.45) is 1.31.